The molecule has 2 atom stereocenters. The summed E-state index contributed by atoms with van der Waals surface area (Å²) in [6, 6.07) is 6.20. The second-order valence-electron chi connectivity index (χ2n) is 5.29. The van der Waals surface area contributed by atoms with Crippen molar-refractivity contribution >= 4 is 0 Å². The van der Waals surface area contributed by atoms with Crippen molar-refractivity contribution in [1.82, 2.24) is 4.90 Å². The monoisotopic (exact) mass is 267 g/mol. The number of nitrogens with zero attached hydrogens (tertiary/aromatic N) is 1. The summed E-state index contributed by atoms with van der Waals surface area (Å²) in [6.45, 7) is 3.27. The lowest BCUT2D eigenvalue weighted by Crippen LogP contribution is -2.39. The highest BCUT2D eigenvalue weighted by Crippen LogP contribution is 2.21. The number of piperidine rings is 1. The third-order valence-corrected chi connectivity index (χ3v) is 3.67. The molecule has 1 aliphatic rings. The van der Waals surface area contributed by atoms with Gasteiger partial charge >= 0.3 is 0 Å². The van der Waals surface area contributed by atoms with Gasteiger partial charge in [-0.1, -0.05) is 12.1 Å². The summed E-state index contributed by atoms with van der Waals surface area (Å²) in [5.74, 6) is 0.242. The minimum atomic E-state index is -0.628. The molecule has 1 saturated heterocycles. The molecule has 2 rings (SSSR count). The molecule has 1 aliphatic heterocycles. The van der Waals surface area contributed by atoms with E-state index in [0.29, 0.717) is 18.0 Å². The van der Waals surface area contributed by atoms with E-state index in [1.54, 1.807) is 19.2 Å². The maximum absolute atomic E-state index is 13.1. The van der Waals surface area contributed by atoms with Crippen LogP contribution in [0.2, 0.25) is 0 Å². The minimum absolute atomic E-state index is 0.299. The zero-order chi connectivity index (χ0) is 13.7. The molecular formula is C15H22FNO2. The van der Waals surface area contributed by atoms with Gasteiger partial charge in [0.2, 0.25) is 0 Å². The molecule has 0 aromatic heterocycles. The van der Waals surface area contributed by atoms with E-state index in [9.17, 15) is 9.50 Å². The molecule has 1 aromatic carbocycles. The first-order valence-corrected chi connectivity index (χ1v) is 6.84. The highest BCUT2D eigenvalue weighted by atomic mass is 19.1. The van der Waals surface area contributed by atoms with Crippen molar-refractivity contribution in [3.63, 3.8) is 0 Å². The van der Waals surface area contributed by atoms with Crippen LogP contribution >= 0.6 is 0 Å². The van der Waals surface area contributed by atoms with Gasteiger partial charge in [0.1, 0.15) is 5.82 Å². The highest BCUT2D eigenvalue weighted by molar-refractivity contribution is 5.19. The molecule has 0 spiro atoms. The Balaban J connectivity index is 1.89. The van der Waals surface area contributed by atoms with Crippen molar-refractivity contribution in [2.75, 3.05) is 33.4 Å². The van der Waals surface area contributed by atoms with Crippen molar-refractivity contribution < 1.29 is 14.2 Å². The minimum Gasteiger partial charge on any atom is -0.387 e. The Labute approximate surface area is 114 Å². The van der Waals surface area contributed by atoms with E-state index in [1.807, 2.05) is 0 Å². The Morgan fingerprint density at radius 3 is 3.11 bits per heavy atom. The summed E-state index contributed by atoms with van der Waals surface area (Å²) in [6.07, 6.45) is 1.68. The number of hydrogen-bond donors (Lipinski definition) is 1. The van der Waals surface area contributed by atoms with Crippen molar-refractivity contribution in [2.45, 2.75) is 18.9 Å². The second-order valence-corrected chi connectivity index (χ2v) is 5.29. The van der Waals surface area contributed by atoms with Gasteiger partial charge in [-0.05, 0) is 43.0 Å². The number of methoxy groups -OCH3 is 1. The van der Waals surface area contributed by atoms with E-state index in [4.69, 9.17) is 4.74 Å². The molecule has 19 heavy (non-hydrogen) atoms. The highest BCUT2D eigenvalue weighted by Gasteiger charge is 2.22. The first-order chi connectivity index (χ1) is 9.19. The maximum atomic E-state index is 13.1. The summed E-state index contributed by atoms with van der Waals surface area (Å²) in [5.41, 5.74) is 0.647. The predicted octanol–water partition coefficient (Wildman–Crippen LogP) is 2.22. The molecule has 0 amide bonds. The number of aliphatic hydroxyl groups excluding tert-OH is 1. The molecule has 1 fully saturated rings. The SMILES string of the molecule is COCC1CCCN(CC(O)c2cccc(F)c2)C1. The van der Waals surface area contributed by atoms with Gasteiger partial charge in [0, 0.05) is 20.2 Å². The number of likely N-dealkylation sites (tertiary alicyclic amines) is 1. The van der Waals surface area contributed by atoms with Crippen LogP contribution in [0.1, 0.15) is 24.5 Å². The Bertz CT molecular complexity index is 397. The predicted molar refractivity (Wildman–Crippen MR) is 72.4 cm³/mol. The average molecular weight is 267 g/mol. The van der Waals surface area contributed by atoms with Crippen LogP contribution in [0.3, 0.4) is 0 Å². The van der Waals surface area contributed by atoms with Crippen LogP contribution in [0.15, 0.2) is 24.3 Å². The first kappa shape index (κ1) is 14.4. The van der Waals surface area contributed by atoms with Crippen molar-refractivity contribution in [3.05, 3.63) is 35.6 Å². The first-order valence-electron chi connectivity index (χ1n) is 6.84. The van der Waals surface area contributed by atoms with Crippen LogP contribution in [0, 0.1) is 11.7 Å². The van der Waals surface area contributed by atoms with Crippen LogP contribution in [0.5, 0.6) is 0 Å². The molecule has 0 bridgehead atoms. The third kappa shape index (κ3) is 4.27. The van der Waals surface area contributed by atoms with E-state index in [2.05, 4.69) is 4.90 Å². The Morgan fingerprint density at radius 1 is 1.53 bits per heavy atom. The standard InChI is InChI=1S/C15H22FNO2/c1-19-11-12-4-3-7-17(9-12)10-15(18)13-5-2-6-14(16)8-13/h2,5-6,8,12,15,18H,3-4,7,9-11H2,1H3. The number of rotatable bonds is 5. The van der Waals surface area contributed by atoms with E-state index in [0.717, 1.165) is 26.1 Å². The van der Waals surface area contributed by atoms with E-state index < -0.39 is 6.10 Å². The molecule has 1 aromatic rings. The van der Waals surface area contributed by atoms with Crippen LogP contribution in [-0.4, -0.2) is 43.4 Å². The van der Waals surface area contributed by atoms with Crippen LogP contribution in [0.4, 0.5) is 4.39 Å². The van der Waals surface area contributed by atoms with Crippen molar-refractivity contribution in [2.24, 2.45) is 5.92 Å². The molecule has 1 heterocycles. The average Bonchev–Trinajstić information content (AvgIpc) is 2.39. The zero-order valence-corrected chi connectivity index (χ0v) is 11.4. The fourth-order valence-corrected chi connectivity index (χ4v) is 2.75. The number of β-amino-alcohol motifs (C(OH)–C–C–N with tert-alkyl or cyclic N) is 1. The largest absolute Gasteiger partial charge is 0.387 e. The molecule has 106 valence electrons. The van der Waals surface area contributed by atoms with Crippen LogP contribution in [0.25, 0.3) is 0 Å². The molecule has 2 unspecified atom stereocenters. The number of benzene rings is 1. The number of ether oxygens (including phenoxy) is 1. The molecule has 4 heteroatoms. The fraction of sp³-hybridized carbons (Fsp3) is 0.600. The van der Waals surface area contributed by atoms with Gasteiger partial charge < -0.3 is 14.7 Å². The molecule has 3 nitrogen and oxygen atoms in total. The van der Waals surface area contributed by atoms with Gasteiger partial charge in [-0.3, -0.25) is 0 Å². The maximum Gasteiger partial charge on any atom is 0.123 e. The van der Waals surface area contributed by atoms with Gasteiger partial charge in [-0.25, -0.2) is 4.39 Å². The van der Waals surface area contributed by atoms with E-state index >= 15 is 0 Å². The number of halogens is 1. The van der Waals surface area contributed by atoms with Gasteiger partial charge in [0.15, 0.2) is 0 Å². The van der Waals surface area contributed by atoms with Gasteiger partial charge in [0.25, 0.3) is 0 Å². The molecule has 0 saturated carbocycles. The quantitative estimate of drug-likeness (QED) is 0.888. The lowest BCUT2D eigenvalue weighted by atomic mass is 9.98. The Hall–Kier alpha value is -0.970. The van der Waals surface area contributed by atoms with Crippen molar-refractivity contribution in [3.8, 4) is 0 Å². The van der Waals surface area contributed by atoms with Gasteiger partial charge in [0.05, 0.1) is 12.7 Å². The summed E-state index contributed by atoms with van der Waals surface area (Å²) in [4.78, 5) is 2.24. The van der Waals surface area contributed by atoms with Crippen molar-refractivity contribution in [1.29, 1.82) is 0 Å². The topological polar surface area (TPSA) is 32.7 Å². The second kappa shape index (κ2) is 6.98. The summed E-state index contributed by atoms with van der Waals surface area (Å²) < 4.78 is 18.3. The third-order valence-electron chi connectivity index (χ3n) is 3.67. The molecule has 0 radical (unpaired) electrons. The van der Waals surface area contributed by atoms with E-state index in [-0.39, 0.29) is 5.82 Å². The normalized spacial score (nSPS) is 22.4. The van der Waals surface area contributed by atoms with Gasteiger partial charge in [-0.15, -0.1) is 0 Å². The van der Waals surface area contributed by atoms with Crippen LogP contribution < -0.4 is 0 Å². The lowest BCUT2D eigenvalue weighted by molar-refractivity contribution is 0.0562. The smallest absolute Gasteiger partial charge is 0.123 e. The number of aliphatic hydroxyl groups is 1. The zero-order valence-electron chi connectivity index (χ0n) is 11.4. The molecular weight excluding hydrogens is 245 g/mol. The Kier molecular flexibility index (Phi) is 5.31. The summed E-state index contributed by atoms with van der Waals surface area (Å²) in [7, 11) is 1.72. The Morgan fingerprint density at radius 2 is 2.37 bits per heavy atom. The molecule has 0 aliphatic carbocycles. The molecule has 1 N–H and O–H groups in total. The number of hydrogen-bond acceptors (Lipinski definition) is 3. The van der Waals surface area contributed by atoms with E-state index in [1.165, 1.54) is 18.6 Å². The van der Waals surface area contributed by atoms with Crippen LogP contribution in [-0.2, 0) is 4.74 Å². The fourth-order valence-electron chi connectivity index (χ4n) is 2.75. The summed E-state index contributed by atoms with van der Waals surface area (Å²) in [5, 5.41) is 10.2. The van der Waals surface area contributed by atoms with Gasteiger partial charge in [-0.2, -0.15) is 0 Å². The lowest BCUT2D eigenvalue weighted by Gasteiger charge is -2.33. The summed E-state index contributed by atoms with van der Waals surface area (Å²) >= 11 is 0.